The molecule has 2 aromatic heterocycles. The molecule has 0 aliphatic heterocycles. The number of aryl methyl sites for hydroxylation is 1. The Morgan fingerprint density at radius 3 is 2.47 bits per heavy atom. The molecule has 0 saturated heterocycles. The van der Waals surface area contributed by atoms with Gasteiger partial charge in [-0.3, -0.25) is 4.79 Å². The Kier molecular flexibility index (Phi) is 5.92. The molecule has 2 heterocycles. The molecular formula is C19H14F4N2O4S. The number of alkyl halides is 3. The van der Waals surface area contributed by atoms with Gasteiger partial charge in [0.2, 0.25) is 0 Å². The highest BCUT2D eigenvalue weighted by Gasteiger charge is 2.31. The number of carboxylic acids is 1. The molecule has 0 unspecified atom stereocenters. The van der Waals surface area contributed by atoms with E-state index in [2.05, 4.69) is 10.3 Å². The van der Waals surface area contributed by atoms with Gasteiger partial charge < -0.3 is 15.2 Å². The molecule has 1 aromatic carbocycles. The van der Waals surface area contributed by atoms with Crippen LogP contribution in [0.3, 0.4) is 0 Å². The van der Waals surface area contributed by atoms with Crippen molar-refractivity contribution < 1.29 is 37.0 Å². The summed E-state index contributed by atoms with van der Waals surface area (Å²) in [6.45, 7) is 0.0698. The molecule has 0 aliphatic carbocycles. The maximum Gasteiger partial charge on any atom is 0.422 e. The number of carbonyl (C=O) groups is 2. The number of carbonyl (C=O) groups excluding carboxylic acids is 1. The third kappa shape index (κ3) is 4.67. The molecule has 158 valence electrons. The van der Waals surface area contributed by atoms with E-state index in [0.29, 0.717) is 23.5 Å². The van der Waals surface area contributed by atoms with Gasteiger partial charge in [-0.05, 0) is 36.8 Å². The molecule has 0 fully saturated rings. The molecule has 2 N–H and O–H groups in total. The van der Waals surface area contributed by atoms with Crippen molar-refractivity contribution >= 4 is 39.1 Å². The van der Waals surface area contributed by atoms with E-state index in [1.54, 1.807) is 6.92 Å². The van der Waals surface area contributed by atoms with Gasteiger partial charge in [-0.1, -0.05) is 6.92 Å². The van der Waals surface area contributed by atoms with Crippen LogP contribution in [0.4, 0.5) is 23.2 Å². The molecular weight excluding hydrogens is 428 g/mol. The highest BCUT2D eigenvalue weighted by Crippen LogP contribution is 2.40. The van der Waals surface area contributed by atoms with Crippen LogP contribution in [0.2, 0.25) is 0 Å². The molecule has 0 saturated carbocycles. The minimum Gasteiger partial charge on any atom is -0.482 e. The van der Waals surface area contributed by atoms with Crippen LogP contribution in [0.15, 0.2) is 30.3 Å². The zero-order chi connectivity index (χ0) is 22.1. The Hall–Kier alpha value is -3.21. The third-order valence-electron chi connectivity index (χ3n) is 3.98. The number of halogens is 4. The second-order valence-corrected chi connectivity index (χ2v) is 7.12. The SMILES string of the molecule is CCc1nc2sc(C(=O)O)c(OCC(F)(F)F)c2cc1NC(=O)c1ccc(F)cc1. The van der Waals surface area contributed by atoms with Crippen molar-refractivity contribution in [2.45, 2.75) is 19.5 Å². The van der Waals surface area contributed by atoms with Gasteiger partial charge in [-0.15, -0.1) is 11.3 Å². The number of carboxylic acid groups (broad SMARTS) is 1. The molecule has 0 aliphatic rings. The van der Waals surface area contributed by atoms with Gasteiger partial charge in [0.05, 0.1) is 16.8 Å². The number of fused-ring (bicyclic) bond motifs is 1. The van der Waals surface area contributed by atoms with Crippen molar-refractivity contribution in [3.05, 3.63) is 52.3 Å². The largest absolute Gasteiger partial charge is 0.482 e. The Labute approximate surface area is 171 Å². The van der Waals surface area contributed by atoms with E-state index in [1.165, 1.54) is 18.2 Å². The maximum absolute atomic E-state index is 13.1. The first-order valence-electron chi connectivity index (χ1n) is 8.55. The highest BCUT2D eigenvalue weighted by molar-refractivity contribution is 7.20. The molecule has 0 bridgehead atoms. The van der Waals surface area contributed by atoms with Gasteiger partial charge in [0.15, 0.2) is 17.2 Å². The summed E-state index contributed by atoms with van der Waals surface area (Å²) in [5, 5.41) is 11.9. The summed E-state index contributed by atoms with van der Waals surface area (Å²) in [5.41, 5.74) is 0.744. The van der Waals surface area contributed by atoms with Crippen LogP contribution >= 0.6 is 11.3 Å². The summed E-state index contributed by atoms with van der Waals surface area (Å²) < 4.78 is 55.6. The summed E-state index contributed by atoms with van der Waals surface area (Å²) in [6.07, 6.45) is -4.31. The molecule has 0 atom stereocenters. The number of nitrogens with zero attached hydrogens (tertiary/aromatic N) is 1. The quantitative estimate of drug-likeness (QED) is 0.531. The van der Waals surface area contributed by atoms with Crippen LogP contribution < -0.4 is 10.1 Å². The average Bonchev–Trinajstić information content (AvgIpc) is 3.03. The number of aromatic carboxylic acids is 1. The van der Waals surface area contributed by atoms with Crippen molar-refractivity contribution in [1.29, 1.82) is 0 Å². The third-order valence-corrected chi connectivity index (χ3v) is 5.05. The second kappa shape index (κ2) is 8.27. The van der Waals surface area contributed by atoms with E-state index in [0.717, 1.165) is 12.1 Å². The lowest BCUT2D eigenvalue weighted by atomic mass is 10.1. The van der Waals surface area contributed by atoms with E-state index < -0.39 is 41.1 Å². The smallest absolute Gasteiger partial charge is 0.422 e. The van der Waals surface area contributed by atoms with Crippen LogP contribution in [-0.2, 0) is 6.42 Å². The Bertz CT molecular complexity index is 1110. The van der Waals surface area contributed by atoms with Gasteiger partial charge in [-0.2, -0.15) is 13.2 Å². The van der Waals surface area contributed by atoms with Crippen molar-refractivity contribution in [2.24, 2.45) is 0 Å². The lowest BCUT2D eigenvalue weighted by Crippen LogP contribution is -2.20. The van der Waals surface area contributed by atoms with Gasteiger partial charge in [0, 0.05) is 5.56 Å². The first kappa shape index (κ1) is 21.5. The second-order valence-electron chi connectivity index (χ2n) is 6.12. The fourth-order valence-corrected chi connectivity index (χ4v) is 3.61. The summed E-state index contributed by atoms with van der Waals surface area (Å²) >= 11 is 0.680. The standard InChI is InChI=1S/C19H14F4N2O4S/c1-2-12-13(24-16(26)9-3-5-10(20)6-4-9)7-11-14(29-8-19(21,22)23)15(18(27)28)30-17(11)25-12/h3-7H,2,8H2,1H3,(H,24,26)(H,27,28). The summed E-state index contributed by atoms with van der Waals surface area (Å²) in [6, 6.07) is 6.09. The first-order chi connectivity index (χ1) is 14.1. The van der Waals surface area contributed by atoms with Crippen LogP contribution in [-0.4, -0.2) is 34.8 Å². The normalized spacial score (nSPS) is 11.5. The highest BCUT2D eigenvalue weighted by atomic mass is 32.1. The molecule has 0 spiro atoms. The van der Waals surface area contributed by atoms with Crippen LogP contribution in [0.5, 0.6) is 5.75 Å². The molecule has 30 heavy (non-hydrogen) atoms. The molecule has 1 amide bonds. The Morgan fingerprint density at radius 2 is 1.90 bits per heavy atom. The van der Waals surface area contributed by atoms with Crippen molar-refractivity contribution in [3.63, 3.8) is 0 Å². The van der Waals surface area contributed by atoms with E-state index >= 15 is 0 Å². The lowest BCUT2D eigenvalue weighted by molar-refractivity contribution is -0.153. The van der Waals surface area contributed by atoms with Gasteiger partial charge in [0.1, 0.15) is 10.6 Å². The number of nitrogens with one attached hydrogen (secondary N) is 1. The molecule has 11 heteroatoms. The van der Waals surface area contributed by atoms with Crippen molar-refractivity contribution in [3.8, 4) is 5.75 Å². The van der Waals surface area contributed by atoms with Crippen molar-refractivity contribution in [2.75, 3.05) is 11.9 Å². The predicted octanol–water partition coefficient (Wildman–Crippen LogP) is 4.89. The van der Waals surface area contributed by atoms with Crippen LogP contribution in [0.1, 0.15) is 32.6 Å². The number of pyridine rings is 1. The lowest BCUT2D eigenvalue weighted by Gasteiger charge is -2.12. The van der Waals surface area contributed by atoms with Gasteiger partial charge in [-0.25, -0.2) is 14.2 Å². The first-order valence-corrected chi connectivity index (χ1v) is 9.37. The number of rotatable bonds is 6. The number of thiophene rings is 1. The summed E-state index contributed by atoms with van der Waals surface area (Å²) in [7, 11) is 0. The zero-order valence-electron chi connectivity index (χ0n) is 15.3. The van der Waals surface area contributed by atoms with Gasteiger partial charge in [0.25, 0.3) is 5.91 Å². The molecule has 3 aromatic rings. The number of hydrogen-bond donors (Lipinski definition) is 2. The zero-order valence-corrected chi connectivity index (χ0v) is 16.2. The van der Waals surface area contributed by atoms with Gasteiger partial charge >= 0.3 is 12.1 Å². The van der Waals surface area contributed by atoms with E-state index in [9.17, 15) is 32.3 Å². The monoisotopic (exact) mass is 442 g/mol. The van der Waals surface area contributed by atoms with Crippen molar-refractivity contribution in [1.82, 2.24) is 4.98 Å². The van der Waals surface area contributed by atoms with Crippen LogP contribution in [0, 0.1) is 5.82 Å². The number of aromatic nitrogens is 1. The summed E-state index contributed by atoms with van der Waals surface area (Å²) in [5.74, 6) is -3.02. The number of anilines is 1. The van der Waals surface area contributed by atoms with E-state index in [1.807, 2.05) is 0 Å². The van der Waals surface area contributed by atoms with E-state index in [4.69, 9.17) is 4.74 Å². The minimum absolute atomic E-state index is 0.0354. The molecule has 0 radical (unpaired) electrons. The molecule has 6 nitrogen and oxygen atoms in total. The Morgan fingerprint density at radius 1 is 1.23 bits per heavy atom. The number of hydrogen-bond acceptors (Lipinski definition) is 5. The molecule has 3 rings (SSSR count). The van der Waals surface area contributed by atoms with Crippen LogP contribution in [0.25, 0.3) is 10.2 Å². The topological polar surface area (TPSA) is 88.5 Å². The Balaban J connectivity index is 2.04. The number of ether oxygens (including phenoxy) is 1. The maximum atomic E-state index is 13.1. The number of benzene rings is 1. The predicted molar refractivity (Wildman–Crippen MR) is 102 cm³/mol. The van der Waals surface area contributed by atoms with E-state index in [-0.39, 0.29) is 21.5 Å². The fourth-order valence-electron chi connectivity index (χ4n) is 2.65. The minimum atomic E-state index is -4.67. The average molecular weight is 442 g/mol. The fraction of sp³-hybridized carbons (Fsp3) is 0.211. The number of amides is 1. The summed E-state index contributed by atoms with van der Waals surface area (Å²) in [4.78, 5) is 27.9.